The number of halogens is 2. The Balaban J connectivity index is 1.65. The summed E-state index contributed by atoms with van der Waals surface area (Å²) in [5, 5.41) is -0.218. The highest BCUT2D eigenvalue weighted by molar-refractivity contribution is 6.29. The number of amides is 1. The molecule has 7 nitrogen and oxygen atoms in total. The van der Waals surface area contributed by atoms with E-state index in [2.05, 4.69) is 9.97 Å². The van der Waals surface area contributed by atoms with Gasteiger partial charge in [-0.3, -0.25) is 4.79 Å². The fraction of sp³-hybridized carbons (Fsp3) is 0.292. The number of nitrogens with zero attached hydrogens (tertiary/aromatic N) is 4. The minimum atomic E-state index is -0.626. The smallest absolute Gasteiger partial charge is 0.289 e. The summed E-state index contributed by atoms with van der Waals surface area (Å²) < 4.78 is 27.8. The standard InChI is InChI=1S/C24H24ClFN4O3/c1-14-11-29(13-28-14)19-6-5-17(9-20(19)32-4)10-21-24(31)30(12-15(2)33-21)16(3)18-7-8-27-23(25)22(18)26/h5-11,13,15-16H,12H2,1-4H3/t15-,16-/m0/s1. The second kappa shape index (κ2) is 9.23. The zero-order valence-electron chi connectivity index (χ0n) is 18.8. The number of aryl methyl sites for hydroxylation is 1. The number of hydrogen-bond acceptors (Lipinski definition) is 5. The summed E-state index contributed by atoms with van der Waals surface area (Å²) in [6.07, 6.45) is 6.43. The van der Waals surface area contributed by atoms with Gasteiger partial charge in [0, 0.05) is 18.0 Å². The molecule has 0 radical (unpaired) electrons. The molecule has 0 unspecified atom stereocenters. The Bertz CT molecular complexity index is 1230. The van der Waals surface area contributed by atoms with Crippen LogP contribution in [0.25, 0.3) is 11.8 Å². The lowest BCUT2D eigenvalue weighted by atomic mass is 10.1. The van der Waals surface area contributed by atoms with Gasteiger partial charge in [0.15, 0.2) is 16.7 Å². The number of hydrogen-bond donors (Lipinski definition) is 0. The van der Waals surface area contributed by atoms with Crippen molar-refractivity contribution in [1.82, 2.24) is 19.4 Å². The van der Waals surface area contributed by atoms with E-state index in [-0.39, 0.29) is 22.9 Å². The van der Waals surface area contributed by atoms with Crippen molar-refractivity contribution < 1.29 is 18.7 Å². The van der Waals surface area contributed by atoms with E-state index in [1.807, 2.05) is 42.8 Å². The number of imidazole rings is 1. The molecule has 3 heterocycles. The van der Waals surface area contributed by atoms with E-state index in [0.29, 0.717) is 17.9 Å². The first-order chi connectivity index (χ1) is 15.8. The van der Waals surface area contributed by atoms with Crippen molar-refractivity contribution in [1.29, 1.82) is 0 Å². The third-order valence-electron chi connectivity index (χ3n) is 5.54. The normalized spacial score (nSPS) is 18.4. The molecule has 0 N–H and O–H groups in total. The minimum Gasteiger partial charge on any atom is -0.495 e. The van der Waals surface area contributed by atoms with Gasteiger partial charge in [0.1, 0.15) is 11.9 Å². The Morgan fingerprint density at radius 2 is 2.12 bits per heavy atom. The van der Waals surface area contributed by atoms with E-state index in [0.717, 1.165) is 16.9 Å². The number of methoxy groups -OCH3 is 1. The molecular formula is C24H24ClFN4O3. The monoisotopic (exact) mass is 470 g/mol. The van der Waals surface area contributed by atoms with Crippen LogP contribution in [0.3, 0.4) is 0 Å². The molecule has 1 aromatic carbocycles. The Kier molecular flexibility index (Phi) is 6.37. The first-order valence-corrected chi connectivity index (χ1v) is 10.8. The van der Waals surface area contributed by atoms with Crippen molar-refractivity contribution in [3.63, 3.8) is 0 Å². The van der Waals surface area contributed by atoms with E-state index in [4.69, 9.17) is 21.1 Å². The predicted octanol–water partition coefficient (Wildman–Crippen LogP) is 4.73. The van der Waals surface area contributed by atoms with Crippen molar-refractivity contribution in [2.24, 2.45) is 0 Å². The van der Waals surface area contributed by atoms with Gasteiger partial charge in [-0.15, -0.1) is 0 Å². The van der Waals surface area contributed by atoms with Crippen molar-refractivity contribution in [2.45, 2.75) is 32.9 Å². The largest absolute Gasteiger partial charge is 0.495 e. The van der Waals surface area contributed by atoms with Crippen molar-refractivity contribution in [3.05, 3.63) is 76.5 Å². The van der Waals surface area contributed by atoms with Crippen LogP contribution in [0.2, 0.25) is 5.15 Å². The van der Waals surface area contributed by atoms with Crippen molar-refractivity contribution >= 4 is 23.6 Å². The molecule has 9 heteroatoms. The second-order valence-electron chi connectivity index (χ2n) is 7.93. The molecule has 0 saturated carbocycles. The van der Waals surface area contributed by atoms with Gasteiger partial charge in [0.2, 0.25) is 0 Å². The van der Waals surface area contributed by atoms with Gasteiger partial charge in [0.05, 0.1) is 37.4 Å². The molecular weight excluding hydrogens is 447 g/mol. The lowest BCUT2D eigenvalue weighted by Crippen LogP contribution is -2.45. The summed E-state index contributed by atoms with van der Waals surface area (Å²) in [5.41, 5.74) is 2.75. The van der Waals surface area contributed by atoms with Crippen LogP contribution in [0.4, 0.5) is 4.39 Å². The van der Waals surface area contributed by atoms with Gasteiger partial charge < -0.3 is 18.9 Å². The van der Waals surface area contributed by atoms with Gasteiger partial charge in [-0.05, 0) is 50.6 Å². The fourth-order valence-corrected chi connectivity index (χ4v) is 4.03. The summed E-state index contributed by atoms with van der Waals surface area (Å²) >= 11 is 5.84. The number of benzene rings is 1. The fourth-order valence-electron chi connectivity index (χ4n) is 3.86. The van der Waals surface area contributed by atoms with Crippen LogP contribution >= 0.6 is 11.6 Å². The summed E-state index contributed by atoms with van der Waals surface area (Å²) in [6.45, 7) is 5.85. The van der Waals surface area contributed by atoms with Crippen LogP contribution in [-0.4, -0.2) is 45.1 Å². The molecule has 172 valence electrons. The van der Waals surface area contributed by atoms with Gasteiger partial charge in [-0.25, -0.2) is 14.4 Å². The topological polar surface area (TPSA) is 69.5 Å². The van der Waals surface area contributed by atoms with Crippen LogP contribution in [0.5, 0.6) is 5.75 Å². The molecule has 1 aliphatic rings. The maximum absolute atomic E-state index is 14.5. The van der Waals surface area contributed by atoms with Gasteiger partial charge in [-0.1, -0.05) is 17.7 Å². The van der Waals surface area contributed by atoms with Crippen LogP contribution in [-0.2, 0) is 9.53 Å². The molecule has 4 rings (SSSR count). The number of ether oxygens (including phenoxy) is 2. The van der Waals surface area contributed by atoms with Crippen LogP contribution in [0.15, 0.2) is 48.7 Å². The highest BCUT2D eigenvalue weighted by atomic mass is 35.5. The Morgan fingerprint density at radius 1 is 1.33 bits per heavy atom. The number of carbonyl (C=O) groups excluding carboxylic acids is 1. The van der Waals surface area contributed by atoms with Gasteiger partial charge in [0.25, 0.3) is 5.91 Å². The van der Waals surface area contributed by atoms with E-state index in [1.165, 1.54) is 12.3 Å². The minimum absolute atomic E-state index is 0.175. The van der Waals surface area contributed by atoms with Crippen LogP contribution in [0, 0.1) is 12.7 Å². The summed E-state index contributed by atoms with van der Waals surface area (Å²) in [7, 11) is 1.59. The van der Waals surface area contributed by atoms with E-state index in [9.17, 15) is 9.18 Å². The Hall–Kier alpha value is -3.39. The zero-order valence-corrected chi connectivity index (χ0v) is 19.5. The summed E-state index contributed by atoms with van der Waals surface area (Å²) in [4.78, 5) is 22.8. The van der Waals surface area contributed by atoms with Crippen molar-refractivity contribution in [2.75, 3.05) is 13.7 Å². The maximum Gasteiger partial charge on any atom is 0.289 e. The lowest BCUT2D eigenvalue weighted by Gasteiger charge is -2.37. The van der Waals surface area contributed by atoms with Crippen LogP contribution < -0.4 is 4.74 Å². The van der Waals surface area contributed by atoms with E-state index < -0.39 is 11.9 Å². The molecule has 0 bridgehead atoms. The van der Waals surface area contributed by atoms with Crippen molar-refractivity contribution in [3.8, 4) is 11.4 Å². The average molecular weight is 471 g/mol. The first kappa shape index (κ1) is 22.8. The second-order valence-corrected chi connectivity index (χ2v) is 8.29. The Labute approximate surface area is 196 Å². The molecule has 0 aliphatic carbocycles. The van der Waals surface area contributed by atoms with Gasteiger partial charge in [-0.2, -0.15) is 0 Å². The van der Waals surface area contributed by atoms with E-state index >= 15 is 0 Å². The Morgan fingerprint density at radius 3 is 2.82 bits per heavy atom. The highest BCUT2D eigenvalue weighted by Gasteiger charge is 2.34. The molecule has 2 aromatic heterocycles. The lowest BCUT2D eigenvalue weighted by molar-refractivity contribution is -0.141. The maximum atomic E-state index is 14.5. The first-order valence-electron chi connectivity index (χ1n) is 10.5. The third-order valence-corrected chi connectivity index (χ3v) is 5.80. The molecule has 1 aliphatic heterocycles. The van der Waals surface area contributed by atoms with Gasteiger partial charge >= 0.3 is 0 Å². The number of morpholine rings is 1. The number of rotatable bonds is 5. The number of pyridine rings is 1. The predicted molar refractivity (Wildman–Crippen MR) is 123 cm³/mol. The molecule has 1 amide bonds. The van der Waals surface area contributed by atoms with Crippen LogP contribution in [0.1, 0.15) is 36.7 Å². The molecule has 1 saturated heterocycles. The molecule has 33 heavy (non-hydrogen) atoms. The third kappa shape index (κ3) is 4.57. The highest BCUT2D eigenvalue weighted by Crippen LogP contribution is 2.31. The molecule has 2 atom stereocenters. The molecule has 0 spiro atoms. The average Bonchev–Trinajstić information content (AvgIpc) is 3.23. The number of carbonyl (C=O) groups is 1. The molecule has 1 fully saturated rings. The zero-order chi connectivity index (χ0) is 23.7. The quantitative estimate of drug-likeness (QED) is 0.398. The molecule has 3 aromatic rings. The van der Waals surface area contributed by atoms with E-state index in [1.54, 1.807) is 31.3 Å². The summed E-state index contributed by atoms with van der Waals surface area (Å²) in [5.74, 6) is -0.161. The summed E-state index contributed by atoms with van der Waals surface area (Å²) in [6, 6.07) is 6.56. The number of aromatic nitrogens is 3. The SMILES string of the molecule is COc1cc(C=C2O[C@@H](C)CN([C@@H](C)c3ccnc(Cl)c3F)C2=O)ccc1-n1cnc(C)c1.